The van der Waals surface area contributed by atoms with Gasteiger partial charge in [-0.15, -0.1) is 0 Å². The first-order valence-electron chi connectivity index (χ1n) is 7.60. The number of piperidine rings is 1. The van der Waals surface area contributed by atoms with Crippen LogP contribution in [0, 0.1) is 5.92 Å². The molecule has 1 aromatic rings. The zero-order valence-corrected chi connectivity index (χ0v) is 13.2. The van der Waals surface area contributed by atoms with Crippen LogP contribution in [0.3, 0.4) is 0 Å². The van der Waals surface area contributed by atoms with E-state index in [2.05, 4.69) is 0 Å². The van der Waals surface area contributed by atoms with Gasteiger partial charge in [0.15, 0.2) is 0 Å². The largest absolute Gasteiger partial charge is 0.493 e. The number of carbonyl (C=O) groups excluding carboxylic acids is 1. The molecule has 0 unspecified atom stereocenters. The van der Waals surface area contributed by atoms with E-state index in [1.807, 2.05) is 51.1 Å². The molecule has 1 aliphatic rings. The second-order valence-corrected chi connectivity index (χ2v) is 6.53. The van der Waals surface area contributed by atoms with E-state index in [-0.39, 0.29) is 6.09 Å². The second kappa shape index (κ2) is 6.83. The highest BCUT2D eigenvalue weighted by Gasteiger charge is 2.26. The molecule has 0 spiro atoms. The Morgan fingerprint density at radius 3 is 2.38 bits per heavy atom. The Morgan fingerprint density at radius 2 is 1.81 bits per heavy atom. The normalized spacial score (nSPS) is 16.6. The number of benzene rings is 1. The third kappa shape index (κ3) is 5.29. The Balaban J connectivity index is 1.72. The Kier molecular flexibility index (Phi) is 5.10. The molecule has 1 saturated heterocycles. The Hall–Kier alpha value is -1.71. The highest BCUT2D eigenvalue weighted by Crippen LogP contribution is 2.21. The molecule has 4 nitrogen and oxygen atoms in total. The van der Waals surface area contributed by atoms with Crippen LogP contribution in [0.4, 0.5) is 4.79 Å². The Morgan fingerprint density at radius 1 is 1.19 bits per heavy atom. The summed E-state index contributed by atoms with van der Waals surface area (Å²) >= 11 is 0. The zero-order chi connectivity index (χ0) is 15.3. The SMILES string of the molecule is CC(C)(C)OC(=O)N1CCC(COc2ccccc2)CC1. The highest BCUT2D eigenvalue weighted by molar-refractivity contribution is 5.68. The Labute approximate surface area is 127 Å². The maximum Gasteiger partial charge on any atom is 0.410 e. The van der Waals surface area contributed by atoms with E-state index in [0.29, 0.717) is 12.5 Å². The number of para-hydroxylation sites is 1. The summed E-state index contributed by atoms with van der Waals surface area (Å²) in [6, 6.07) is 9.86. The van der Waals surface area contributed by atoms with Gasteiger partial charge in [-0.2, -0.15) is 0 Å². The predicted molar refractivity (Wildman–Crippen MR) is 82.5 cm³/mol. The predicted octanol–water partition coefficient (Wildman–Crippen LogP) is 3.71. The molecule has 1 fully saturated rings. The van der Waals surface area contributed by atoms with Crippen LogP contribution in [0.15, 0.2) is 30.3 Å². The van der Waals surface area contributed by atoms with Crippen LogP contribution >= 0.6 is 0 Å². The third-order valence-electron chi connectivity index (χ3n) is 3.50. The zero-order valence-electron chi connectivity index (χ0n) is 13.2. The number of ether oxygens (including phenoxy) is 2. The van der Waals surface area contributed by atoms with Crippen LogP contribution in [0.5, 0.6) is 5.75 Å². The van der Waals surface area contributed by atoms with E-state index in [1.54, 1.807) is 4.90 Å². The van der Waals surface area contributed by atoms with E-state index in [0.717, 1.165) is 31.7 Å². The monoisotopic (exact) mass is 291 g/mol. The van der Waals surface area contributed by atoms with Crippen molar-refractivity contribution in [3.8, 4) is 5.75 Å². The van der Waals surface area contributed by atoms with Crippen LogP contribution in [-0.2, 0) is 4.74 Å². The summed E-state index contributed by atoms with van der Waals surface area (Å²) in [5.74, 6) is 1.41. The molecule has 0 atom stereocenters. The number of likely N-dealkylation sites (tertiary alicyclic amines) is 1. The van der Waals surface area contributed by atoms with Crippen molar-refractivity contribution in [2.24, 2.45) is 5.92 Å². The van der Waals surface area contributed by atoms with Gasteiger partial charge in [-0.25, -0.2) is 4.79 Å². The van der Waals surface area contributed by atoms with E-state index in [4.69, 9.17) is 9.47 Å². The second-order valence-electron chi connectivity index (χ2n) is 6.53. The molecular weight excluding hydrogens is 266 g/mol. The number of rotatable bonds is 3. The molecule has 1 heterocycles. The van der Waals surface area contributed by atoms with Crippen molar-refractivity contribution in [2.45, 2.75) is 39.2 Å². The van der Waals surface area contributed by atoms with Crippen LogP contribution in [0.25, 0.3) is 0 Å². The number of carbonyl (C=O) groups is 1. The van der Waals surface area contributed by atoms with Gasteiger partial charge in [-0.1, -0.05) is 18.2 Å². The van der Waals surface area contributed by atoms with Crippen molar-refractivity contribution in [2.75, 3.05) is 19.7 Å². The minimum Gasteiger partial charge on any atom is -0.493 e. The van der Waals surface area contributed by atoms with Crippen LogP contribution < -0.4 is 4.74 Å². The van der Waals surface area contributed by atoms with Crippen molar-refractivity contribution < 1.29 is 14.3 Å². The third-order valence-corrected chi connectivity index (χ3v) is 3.50. The summed E-state index contributed by atoms with van der Waals surface area (Å²) in [4.78, 5) is 13.8. The van der Waals surface area contributed by atoms with Crippen LogP contribution in [0.1, 0.15) is 33.6 Å². The summed E-state index contributed by atoms with van der Waals surface area (Å²) < 4.78 is 11.2. The van der Waals surface area contributed by atoms with Crippen LogP contribution in [-0.4, -0.2) is 36.3 Å². The molecule has 0 saturated carbocycles. The van der Waals surface area contributed by atoms with Gasteiger partial charge in [0, 0.05) is 13.1 Å². The van der Waals surface area contributed by atoms with Gasteiger partial charge < -0.3 is 14.4 Å². The first-order valence-corrected chi connectivity index (χ1v) is 7.60. The quantitative estimate of drug-likeness (QED) is 0.852. The topological polar surface area (TPSA) is 38.8 Å². The molecule has 1 aromatic carbocycles. The number of nitrogens with zero attached hydrogens (tertiary/aromatic N) is 1. The summed E-state index contributed by atoms with van der Waals surface area (Å²) in [6.07, 6.45) is 1.72. The fourth-order valence-corrected chi connectivity index (χ4v) is 2.34. The van der Waals surface area contributed by atoms with Gasteiger partial charge in [0.05, 0.1) is 6.61 Å². The van der Waals surface area contributed by atoms with E-state index in [9.17, 15) is 4.79 Å². The summed E-state index contributed by atoms with van der Waals surface area (Å²) in [5, 5.41) is 0. The molecule has 2 rings (SSSR count). The van der Waals surface area contributed by atoms with E-state index >= 15 is 0 Å². The van der Waals surface area contributed by atoms with Crippen molar-refractivity contribution in [3.05, 3.63) is 30.3 Å². The lowest BCUT2D eigenvalue weighted by Gasteiger charge is -2.33. The smallest absolute Gasteiger partial charge is 0.410 e. The van der Waals surface area contributed by atoms with Gasteiger partial charge in [0.25, 0.3) is 0 Å². The van der Waals surface area contributed by atoms with Gasteiger partial charge in [0.2, 0.25) is 0 Å². The fourth-order valence-electron chi connectivity index (χ4n) is 2.34. The van der Waals surface area contributed by atoms with E-state index in [1.165, 1.54) is 0 Å². The van der Waals surface area contributed by atoms with Crippen molar-refractivity contribution >= 4 is 6.09 Å². The number of hydrogen-bond acceptors (Lipinski definition) is 3. The molecule has 0 radical (unpaired) electrons. The minimum atomic E-state index is -0.426. The summed E-state index contributed by atoms with van der Waals surface area (Å²) in [7, 11) is 0. The summed E-state index contributed by atoms with van der Waals surface area (Å²) in [5.41, 5.74) is -0.426. The molecule has 0 aromatic heterocycles. The average molecular weight is 291 g/mol. The standard InChI is InChI=1S/C17H25NO3/c1-17(2,3)21-16(19)18-11-9-14(10-12-18)13-20-15-7-5-4-6-8-15/h4-8,14H,9-13H2,1-3H3. The van der Waals surface area contributed by atoms with Gasteiger partial charge in [0.1, 0.15) is 11.4 Å². The molecule has 1 aliphatic heterocycles. The molecule has 1 amide bonds. The molecule has 4 heteroatoms. The minimum absolute atomic E-state index is 0.204. The molecular formula is C17H25NO3. The van der Waals surface area contributed by atoms with Crippen molar-refractivity contribution in [1.82, 2.24) is 4.90 Å². The van der Waals surface area contributed by atoms with Gasteiger partial charge in [-0.05, 0) is 51.7 Å². The molecule has 116 valence electrons. The van der Waals surface area contributed by atoms with Crippen molar-refractivity contribution in [3.63, 3.8) is 0 Å². The average Bonchev–Trinajstić information content (AvgIpc) is 2.45. The van der Waals surface area contributed by atoms with Gasteiger partial charge in [-0.3, -0.25) is 0 Å². The van der Waals surface area contributed by atoms with Crippen LogP contribution in [0.2, 0.25) is 0 Å². The maximum atomic E-state index is 12.0. The fraction of sp³-hybridized carbons (Fsp3) is 0.588. The molecule has 0 bridgehead atoms. The molecule has 0 N–H and O–H groups in total. The number of amides is 1. The first kappa shape index (κ1) is 15.7. The molecule has 21 heavy (non-hydrogen) atoms. The van der Waals surface area contributed by atoms with Gasteiger partial charge >= 0.3 is 6.09 Å². The lowest BCUT2D eigenvalue weighted by atomic mass is 9.98. The molecule has 0 aliphatic carbocycles. The lowest BCUT2D eigenvalue weighted by Crippen LogP contribution is -2.42. The number of hydrogen-bond donors (Lipinski definition) is 0. The highest BCUT2D eigenvalue weighted by atomic mass is 16.6. The summed E-state index contributed by atoms with van der Waals surface area (Å²) in [6.45, 7) is 7.89. The Bertz CT molecular complexity index is 445. The van der Waals surface area contributed by atoms with Crippen molar-refractivity contribution in [1.29, 1.82) is 0 Å². The maximum absolute atomic E-state index is 12.0. The van der Waals surface area contributed by atoms with E-state index < -0.39 is 5.60 Å². The first-order chi connectivity index (χ1) is 9.94. The lowest BCUT2D eigenvalue weighted by molar-refractivity contribution is 0.0165.